The Balaban J connectivity index is 2.99. The Bertz CT molecular complexity index is 167. The standard InChI is InChI=1S/C7H7B/c1-2-7-4-3-5-8-6-7/h2-6H,1H2. The van der Waals surface area contributed by atoms with Gasteiger partial charge in [-0.2, -0.15) is 0 Å². The Kier molecular flexibility index (Phi) is 1.63. The van der Waals surface area contributed by atoms with Crippen LogP contribution in [0.1, 0.15) is 5.56 Å². The van der Waals surface area contributed by atoms with E-state index >= 15 is 0 Å². The van der Waals surface area contributed by atoms with Crippen LogP contribution in [-0.2, 0) is 0 Å². The number of rotatable bonds is 1. The van der Waals surface area contributed by atoms with Crippen molar-refractivity contribution < 1.29 is 0 Å². The summed E-state index contributed by atoms with van der Waals surface area (Å²) in [7, 11) is 0. The zero-order valence-electron chi connectivity index (χ0n) is 4.67. The summed E-state index contributed by atoms with van der Waals surface area (Å²) in [5, 5.41) is 0. The molecule has 0 amide bonds. The molecule has 0 aliphatic rings. The first-order valence-corrected chi connectivity index (χ1v) is 2.61. The molecule has 0 atom stereocenters. The molecule has 0 saturated heterocycles. The second-order valence-electron chi connectivity index (χ2n) is 1.61. The van der Waals surface area contributed by atoms with E-state index in [1.807, 2.05) is 37.0 Å². The summed E-state index contributed by atoms with van der Waals surface area (Å²) in [4.78, 5) is 0. The van der Waals surface area contributed by atoms with Crippen LogP contribution in [-0.4, -0.2) is 6.91 Å². The third-order valence-electron chi connectivity index (χ3n) is 1.04. The van der Waals surface area contributed by atoms with Gasteiger partial charge in [0.15, 0.2) is 0 Å². The maximum absolute atomic E-state index is 3.63. The van der Waals surface area contributed by atoms with E-state index in [1.165, 1.54) is 5.56 Å². The van der Waals surface area contributed by atoms with Crippen LogP contribution in [0, 0.1) is 0 Å². The molecule has 1 aromatic rings. The van der Waals surface area contributed by atoms with Gasteiger partial charge in [-0.05, 0) is 0 Å². The van der Waals surface area contributed by atoms with Gasteiger partial charge in [0.05, 0.1) is 0 Å². The Labute approximate surface area is 50.1 Å². The molecular formula is C7H7B. The van der Waals surface area contributed by atoms with E-state index < -0.39 is 0 Å². The molecule has 0 N–H and O–H groups in total. The normalized spacial score (nSPS) is 8.00. The van der Waals surface area contributed by atoms with Crippen molar-refractivity contribution in [2.45, 2.75) is 0 Å². The van der Waals surface area contributed by atoms with E-state index in [2.05, 4.69) is 6.58 Å². The van der Waals surface area contributed by atoms with E-state index in [9.17, 15) is 0 Å². The third-order valence-corrected chi connectivity index (χ3v) is 1.04. The molecule has 0 spiro atoms. The molecule has 0 saturated carbocycles. The van der Waals surface area contributed by atoms with E-state index in [4.69, 9.17) is 0 Å². The number of hydrogen-bond donors (Lipinski definition) is 0. The van der Waals surface area contributed by atoms with Crippen LogP contribution in [0.3, 0.4) is 0 Å². The van der Waals surface area contributed by atoms with E-state index in [1.54, 1.807) is 0 Å². The van der Waals surface area contributed by atoms with Gasteiger partial charge in [0.25, 0.3) is 0 Å². The summed E-state index contributed by atoms with van der Waals surface area (Å²) in [6, 6.07) is 4.02. The van der Waals surface area contributed by atoms with Gasteiger partial charge in [0.1, 0.15) is 0 Å². The van der Waals surface area contributed by atoms with Gasteiger partial charge in [-0.25, -0.2) is 0 Å². The van der Waals surface area contributed by atoms with Crippen LogP contribution < -0.4 is 0 Å². The van der Waals surface area contributed by atoms with Crippen LogP contribution in [0.4, 0.5) is 0 Å². The molecule has 0 aromatic carbocycles. The molecule has 8 heavy (non-hydrogen) atoms. The van der Waals surface area contributed by atoms with Crippen molar-refractivity contribution in [1.82, 2.24) is 0 Å². The maximum atomic E-state index is 3.63. The molecule has 0 aliphatic heterocycles. The van der Waals surface area contributed by atoms with Crippen molar-refractivity contribution in [2.75, 3.05) is 0 Å². The van der Waals surface area contributed by atoms with Crippen LogP contribution in [0.15, 0.2) is 30.6 Å². The van der Waals surface area contributed by atoms with Gasteiger partial charge >= 0.3 is 49.2 Å². The average Bonchev–Trinajstić information content (AvgIpc) is 1.90. The summed E-state index contributed by atoms with van der Waals surface area (Å²) < 4.78 is 0. The zero-order chi connectivity index (χ0) is 5.82. The molecule has 1 aromatic heterocycles. The molecular weight excluding hydrogens is 94.9 g/mol. The number of hydrogen-bond acceptors (Lipinski definition) is 0. The van der Waals surface area contributed by atoms with Crippen molar-refractivity contribution in [1.29, 1.82) is 0 Å². The van der Waals surface area contributed by atoms with Gasteiger partial charge in [0, 0.05) is 0 Å². The van der Waals surface area contributed by atoms with Gasteiger partial charge in [-0.1, -0.05) is 0 Å². The minimum absolute atomic E-state index is 1.17. The first-order valence-electron chi connectivity index (χ1n) is 2.61. The van der Waals surface area contributed by atoms with Gasteiger partial charge in [0.2, 0.25) is 0 Å². The molecule has 1 heteroatoms. The summed E-state index contributed by atoms with van der Waals surface area (Å²) in [6.07, 6.45) is 1.83. The minimum atomic E-state index is 1.17. The first-order chi connectivity index (χ1) is 3.93. The third kappa shape index (κ3) is 1.06. The second-order valence-corrected chi connectivity index (χ2v) is 1.61. The van der Waals surface area contributed by atoms with Crippen molar-refractivity contribution in [3.05, 3.63) is 36.2 Å². The summed E-state index contributed by atoms with van der Waals surface area (Å²) in [6.45, 7) is 5.63. The molecule has 0 radical (unpaired) electrons. The van der Waals surface area contributed by atoms with Crippen LogP contribution in [0.5, 0.6) is 0 Å². The van der Waals surface area contributed by atoms with Crippen molar-refractivity contribution >= 4 is 13.0 Å². The van der Waals surface area contributed by atoms with Gasteiger partial charge in [-0.15, -0.1) is 0 Å². The monoisotopic (exact) mass is 102 g/mol. The Morgan fingerprint density at radius 3 is 2.88 bits per heavy atom. The molecule has 1 rings (SSSR count). The molecule has 38 valence electrons. The van der Waals surface area contributed by atoms with Crippen LogP contribution in [0.25, 0.3) is 6.08 Å². The van der Waals surface area contributed by atoms with Crippen molar-refractivity contribution in [3.8, 4) is 0 Å². The molecule has 0 fully saturated rings. The van der Waals surface area contributed by atoms with Crippen molar-refractivity contribution in [2.24, 2.45) is 0 Å². The van der Waals surface area contributed by atoms with Crippen LogP contribution in [0.2, 0.25) is 0 Å². The van der Waals surface area contributed by atoms with E-state index in [0.717, 1.165) is 0 Å². The SMILES string of the molecule is C=Cc1cbccc1. The fraction of sp³-hybridized carbons (Fsp3) is 0. The van der Waals surface area contributed by atoms with Gasteiger partial charge in [-0.3, -0.25) is 0 Å². The molecule has 0 unspecified atom stereocenters. The van der Waals surface area contributed by atoms with Gasteiger partial charge < -0.3 is 0 Å². The second kappa shape index (κ2) is 2.46. The molecule has 0 aliphatic carbocycles. The predicted molar refractivity (Wildman–Crippen MR) is 37.9 cm³/mol. The van der Waals surface area contributed by atoms with Crippen molar-refractivity contribution in [3.63, 3.8) is 0 Å². The molecule has 0 nitrogen and oxygen atoms in total. The fourth-order valence-corrected chi connectivity index (χ4v) is 0.589. The average molecular weight is 102 g/mol. The topological polar surface area (TPSA) is 0 Å². The van der Waals surface area contributed by atoms with Crippen LogP contribution >= 0.6 is 0 Å². The van der Waals surface area contributed by atoms with E-state index in [-0.39, 0.29) is 0 Å². The summed E-state index contributed by atoms with van der Waals surface area (Å²) in [5.41, 5.74) is 1.17. The Morgan fingerprint density at radius 1 is 1.62 bits per heavy atom. The summed E-state index contributed by atoms with van der Waals surface area (Å²) in [5.74, 6) is 4.01. The van der Waals surface area contributed by atoms with E-state index in [0.29, 0.717) is 0 Å². The molecule has 1 heterocycles. The summed E-state index contributed by atoms with van der Waals surface area (Å²) >= 11 is 0. The Morgan fingerprint density at radius 2 is 2.50 bits per heavy atom. The predicted octanol–water partition coefficient (Wildman–Crippen LogP) is 1.67. The zero-order valence-corrected chi connectivity index (χ0v) is 4.67. The quantitative estimate of drug-likeness (QED) is 0.505. The first kappa shape index (κ1) is 5.29. The fourth-order valence-electron chi connectivity index (χ4n) is 0.589. The Hall–Kier alpha value is -0.845. The molecule has 0 bridgehead atoms.